The Balaban J connectivity index is 1.58. The topological polar surface area (TPSA) is 96.1 Å². The normalized spacial score (nSPS) is 11.5. The lowest BCUT2D eigenvalue weighted by Crippen LogP contribution is -2.32. The summed E-state index contributed by atoms with van der Waals surface area (Å²) in [4.78, 5) is 24.0. The molecular weight excluding hydrogens is 368 g/mol. The molecule has 0 aliphatic heterocycles. The summed E-state index contributed by atoms with van der Waals surface area (Å²) in [6.45, 7) is 1.85. The first-order valence-electron chi connectivity index (χ1n) is 9.31. The summed E-state index contributed by atoms with van der Waals surface area (Å²) >= 11 is 0. The maximum absolute atomic E-state index is 12.5. The number of nitrogens with zero attached hydrogens (tertiary/aromatic N) is 1. The molecule has 0 aliphatic carbocycles. The van der Waals surface area contributed by atoms with E-state index in [-0.39, 0.29) is 18.2 Å². The summed E-state index contributed by atoms with van der Waals surface area (Å²) in [6, 6.07) is 16.7. The molecule has 0 unspecified atom stereocenters. The first kappa shape index (κ1) is 20.1. The van der Waals surface area contributed by atoms with Gasteiger partial charge in [0.25, 0.3) is 0 Å². The standard InChI is InChI=1S/C22H24N4O3/c1-15(27)25-21(18-7-9-19(29-2)10-8-18)13-22(28)23-14-16-3-5-17(6-4-16)20-11-12-24-26-20/h3-12,21H,13-14H2,1-2H3,(H,23,28)(H,24,26)(H,25,27)/t21-/m1/s1. The molecule has 2 aromatic carbocycles. The lowest BCUT2D eigenvalue weighted by atomic mass is 10.0. The van der Waals surface area contributed by atoms with Gasteiger partial charge in [0.1, 0.15) is 5.75 Å². The van der Waals surface area contributed by atoms with Crippen molar-refractivity contribution in [3.05, 3.63) is 71.9 Å². The van der Waals surface area contributed by atoms with Crippen molar-refractivity contribution in [2.45, 2.75) is 25.9 Å². The Morgan fingerprint density at radius 2 is 1.79 bits per heavy atom. The van der Waals surface area contributed by atoms with Crippen LogP contribution in [0.2, 0.25) is 0 Å². The van der Waals surface area contributed by atoms with Crippen molar-refractivity contribution in [2.75, 3.05) is 7.11 Å². The van der Waals surface area contributed by atoms with E-state index in [1.165, 1.54) is 6.92 Å². The number of benzene rings is 2. The van der Waals surface area contributed by atoms with Gasteiger partial charge in [-0.2, -0.15) is 5.10 Å². The third-order valence-electron chi connectivity index (χ3n) is 4.54. The zero-order valence-corrected chi connectivity index (χ0v) is 16.4. The van der Waals surface area contributed by atoms with Gasteiger partial charge in [-0.05, 0) is 34.9 Å². The van der Waals surface area contributed by atoms with Crippen LogP contribution < -0.4 is 15.4 Å². The van der Waals surface area contributed by atoms with Crippen molar-refractivity contribution in [1.82, 2.24) is 20.8 Å². The summed E-state index contributed by atoms with van der Waals surface area (Å²) in [5.74, 6) is 0.392. The molecule has 0 radical (unpaired) electrons. The van der Waals surface area contributed by atoms with Crippen LogP contribution in [-0.4, -0.2) is 29.1 Å². The molecule has 0 fully saturated rings. The lowest BCUT2D eigenvalue weighted by Gasteiger charge is -2.18. The van der Waals surface area contributed by atoms with Gasteiger partial charge in [-0.25, -0.2) is 0 Å². The number of amides is 2. The Morgan fingerprint density at radius 3 is 2.38 bits per heavy atom. The number of hydrogen-bond donors (Lipinski definition) is 3. The molecule has 0 spiro atoms. The van der Waals surface area contributed by atoms with Crippen LogP contribution in [0, 0.1) is 0 Å². The van der Waals surface area contributed by atoms with Crippen LogP contribution in [0.15, 0.2) is 60.8 Å². The maximum Gasteiger partial charge on any atom is 0.222 e. The van der Waals surface area contributed by atoms with E-state index in [0.29, 0.717) is 6.54 Å². The molecule has 0 saturated heterocycles. The Labute approximate surface area is 169 Å². The quantitative estimate of drug-likeness (QED) is 0.549. The molecule has 2 amide bonds. The molecule has 1 heterocycles. The van der Waals surface area contributed by atoms with Gasteiger partial charge in [-0.3, -0.25) is 14.7 Å². The number of aromatic amines is 1. The predicted molar refractivity (Wildman–Crippen MR) is 110 cm³/mol. The number of carbonyl (C=O) groups excluding carboxylic acids is 2. The third-order valence-corrected chi connectivity index (χ3v) is 4.54. The Hall–Kier alpha value is -3.61. The molecule has 150 valence electrons. The van der Waals surface area contributed by atoms with Crippen molar-refractivity contribution in [2.24, 2.45) is 0 Å². The number of rotatable bonds is 8. The van der Waals surface area contributed by atoms with Crippen LogP contribution in [0.5, 0.6) is 5.75 Å². The van der Waals surface area contributed by atoms with Gasteiger partial charge in [0.15, 0.2) is 0 Å². The van der Waals surface area contributed by atoms with Crippen LogP contribution in [-0.2, 0) is 16.1 Å². The number of H-pyrrole nitrogens is 1. The molecule has 1 aromatic heterocycles. The summed E-state index contributed by atoms with van der Waals surface area (Å²) in [5.41, 5.74) is 3.81. The number of aromatic nitrogens is 2. The number of ether oxygens (including phenoxy) is 1. The summed E-state index contributed by atoms with van der Waals surface area (Å²) in [5, 5.41) is 12.6. The monoisotopic (exact) mass is 392 g/mol. The van der Waals surface area contributed by atoms with Crippen molar-refractivity contribution >= 4 is 11.8 Å². The SMILES string of the molecule is COc1ccc([C@@H](CC(=O)NCc2ccc(-c3ccn[nH]3)cc2)NC(C)=O)cc1. The van der Waals surface area contributed by atoms with Gasteiger partial charge in [-0.15, -0.1) is 0 Å². The van der Waals surface area contributed by atoms with Crippen LogP contribution in [0.25, 0.3) is 11.3 Å². The average Bonchev–Trinajstić information content (AvgIpc) is 3.27. The summed E-state index contributed by atoms with van der Waals surface area (Å²) in [6.07, 6.45) is 1.86. The molecule has 3 rings (SSSR count). The smallest absolute Gasteiger partial charge is 0.222 e. The second kappa shape index (κ2) is 9.54. The Kier molecular flexibility index (Phi) is 6.63. The van der Waals surface area contributed by atoms with E-state index in [4.69, 9.17) is 4.74 Å². The zero-order valence-electron chi connectivity index (χ0n) is 16.4. The van der Waals surface area contributed by atoms with E-state index in [1.807, 2.05) is 54.6 Å². The first-order valence-corrected chi connectivity index (χ1v) is 9.31. The van der Waals surface area contributed by atoms with Crippen LogP contribution >= 0.6 is 0 Å². The van der Waals surface area contributed by atoms with E-state index in [2.05, 4.69) is 20.8 Å². The Morgan fingerprint density at radius 1 is 1.07 bits per heavy atom. The number of hydrogen-bond acceptors (Lipinski definition) is 4. The fourth-order valence-corrected chi connectivity index (χ4v) is 3.01. The Bertz CT molecular complexity index is 935. The highest BCUT2D eigenvalue weighted by Gasteiger charge is 2.17. The van der Waals surface area contributed by atoms with E-state index in [9.17, 15) is 9.59 Å². The third kappa shape index (κ3) is 5.68. The number of carbonyl (C=O) groups is 2. The van der Waals surface area contributed by atoms with Gasteiger partial charge >= 0.3 is 0 Å². The van der Waals surface area contributed by atoms with Gasteiger partial charge in [0, 0.05) is 19.7 Å². The fourth-order valence-electron chi connectivity index (χ4n) is 3.01. The molecular formula is C22H24N4O3. The predicted octanol–water partition coefficient (Wildman–Crippen LogP) is 2.97. The highest BCUT2D eigenvalue weighted by molar-refractivity contribution is 5.79. The highest BCUT2D eigenvalue weighted by Crippen LogP contribution is 2.21. The molecule has 7 nitrogen and oxygen atoms in total. The van der Waals surface area contributed by atoms with Crippen molar-refractivity contribution in [1.29, 1.82) is 0 Å². The summed E-state index contributed by atoms with van der Waals surface area (Å²) in [7, 11) is 1.59. The van der Waals surface area contributed by atoms with Crippen LogP contribution in [0.3, 0.4) is 0 Å². The van der Waals surface area contributed by atoms with E-state index in [1.54, 1.807) is 13.3 Å². The van der Waals surface area contributed by atoms with Crippen molar-refractivity contribution in [3.8, 4) is 17.0 Å². The minimum absolute atomic E-state index is 0.141. The molecule has 0 saturated carbocycles. The van der Waals surface area contributed by atoms with Gasteiger partial charge in [0.05, 0.1) is 25.3 Å². The summed E-state index contributed by atoms with van der Waals surface area (Å²) < 4.78 is 5.16. The second-order valence-electron chi connectivity index (χ2n) is 6.67. The highest BCUT2D eigenvalue weighted by atomic mass is 16.5. The fraction of sp³-hybridized carbons (Fsp3) is 0.227. The number of methoxy groups -OCH3 is 1. The molecule has 1 atom stereocenters. The van der Waals surface area contributed by atoms with Crippen LogP contribution in [0.1, 0.15) is 30.5 Å². The van der Waals surface area contributed by atoms with Crippen molar-refractivity contribution < 1.29 is 14.3 Å². The lowest BCUT2D eigenvalue weighted by molar-refractivity contribution is -0.122. The second-order valence-corrected chi connectivity index (χ2v) is 6.67. The largest absolute Gasteiger partial charge is 0.497 e. The van der Waals surface area contributed by atoms with Gasteiger partial charge < -0.3 is 15.4 Å². The van der Waals surface area contributed by atoms with E-state index < -0.39 is 6.04 Å². The molecule has 29 heavy (non-hydrogen) atoms. The van der Waals surface area contributed by atoms with E-state index in [0.717, 1.165) is 28.1 Å². The average molecular weight is 392 g/mol. The molecule has 0 aliphatic rings. The van der Waals surface area contributed by atoms with Gasteiger partial charge in [-0.1, -0.05) is 36.4 Å². The first-order chi connectivity index (χ1) is 14.0. The minimum atomic E-state index is -0.402. The van der Waals surface area contributed by atoms with Crippen LogP contribution in [0.4, 0.5) is 0 Å². The molecule has 3 aromatic rings. The van der Waals surface area contributed by atoms with E-state index >= 15 is 0 Å². The van der Waals surface area contributed by atoms with Gasteiger partial charge in [0.2, 0.25) is 11.8 Å². The molecule has 3 N–H and O–H groups in total. The minimum Gasteiger partial charge on any atom is -0.497 e. The van der Waals surface area contributed by atoms with Crippen molar-refractivity contribution in [3.63, 3.8) is 0 Å². The molecule has 7 heteroatoms. The number of nitrogens with one attached hydrogen (secondary N) is 3. The molecule has 0 bridgehead atoms. The maximum atomic E-state index is 12.5. The zero-order chi connectivity index (χ0) is 20.6.